The highest BCUT2D eigenvalue weighted by Crippen LogP contribution is 2.18. The van der Waals surface area contributed by atoms with Gasteiger partial charge in [0, 0.05) is 5.56 Å². The van der Waals surface area contributed by atoms with Crippen molar-refractivity contribution in [1.29, 1.82) is 0 Å². The molecule has 112 valence electrons. The molecule has 0 unspecified atom stereocenters. The molecular weight excluding hydrogens is 284 g/mol. The number of hydrogen-bond donors (Lipinski definition) is 1. The standard InChI is InChI=1S/C11H8O.C10H8O/c12-8-9-5-6-10-3-1-2-4-11(10)7-9;11-10-6-5-8-3-1-2-4-9(8)7-10/h1-8H;1-7,11H. The van der Waals surface area contributed by atoms with E-state index in [-0.39, 0.29) is 0 Å². The van der Waals surface area contributed by atoms with Crippen molar-refractivity contribution in [2.75, 3.05) is 0 Å². The first-order valence-corrected chi connectivity index (χ1v) is 7.38. The lowest BCUT2D eigenvalue weighted by molar-refractivity contribution is 0.112. The molecule has 0 heterocycles. The second-order valence-electron chi connectivity index (χ2n) is 5.26. The molecule has 23 heavy (non-hydrogen) atoms. The van der Waals surface area contributed by atoms with Gasteiger partial charge in [0.25, 0.3) is 0 Å². The molecule has 0 saturated carbocycles. The van der Waals surface area contributed by atoms with Crippen LogP contribution in [0.2, 0.25) is 0 Å². The number of fused-ring (bicyclic) bond motifs is 2. The molecule has 0 aliphatic rings. The molecule has 4 rings (SSSR count). The molecule has 4 aromatic rings. The van der Waals surface area contributed by atoms with Gasteiger partial charge in [0.1, 0.15) is 12.0 Å². The Morgan fingerprint density at radius 2 is 1.13 bits per heavy atom. The highest BCUT2D eigenvalue weighted by Gasteiger charge is 1.93. The van der Waals surface area contributed by atoms with E-state index in [1.54, 1.807) is 12.1 Å². The van der Waals surface area contributed by atoms with Crippen LogP contribution in [0.25, 0.3) is 21.5 Å². The quantitative estimate of drug-likeness (QED) is 0.491. The molecular formula is C21H16O2. The van der Waals surface area contributed by atoms with Crippen molar-refractivity contribution < 1.29 is 9.90 Å². The number of aromatic hydroxyl groups is 1. The fraction of sp³-hybridized carbons (Fsp3) is 0. The fourth-order valence-electron chi connectivity index (χ4n) is 2.46. The maximum absolute atomic E-state index is 10.5. The van der Waals surface area contributed by atoms with Crippen LogP contribution < -0.4 is 0 Å². The van der Waals surface area contributed by atoms with Crippen molar-refractivity contribution in [2.45, 2.75) is 0 Å². The number of carbonyl (C=O) groups excluding carboxylic acids is 1. The first kappa shape index (κ1) is 14.8. The minimum atomic E-state index is 0.323. The van der Waals surface area contributed by atoms with Crippen LogP contribution in [0.4, 0.5) is 0 Å². The molecule has 2 heteroatoms. The number of phenolic OH excluding ortho intramolecular Hbond substituents is 1. The van der Waals surface area contributed by atoms with Gasteiger partial charge in [-0.25, -0.2) is 0 Å². The zero-order valence-corrected chi connectivity index (χ0v) is 12.5. The van der Waals surface area contributed by atoms with Crippen LogP contribution in [0.5, 0.6) is 5.75 Å². The van der Waals surface area contributed by atoms with E-state index in [1.807, 2.05) is 72.8 Å². The van der Waals surface area contributed by atoms with E-state index in [2.05, 4.69) is 0 Å². The Morgan fingerprint density at radius 3 is 1.74 bits per heavy atom. The highest BCUT2D eigenvalue weighted by atomic mass is 16.3. The summed E-state index contributed by atoms with van der Waals surface area (Å²) in [5.74, 6) is 0.323. The number of phenols is 1. The van der Waals surface area contributed by atoms with E-state index in [1.165, 1.54) is 5.39 Å². The number of benzene rings is 4. The largest absolute Gasteiger partial charge is 0.508 e. The van der Waals surface area contributed by atoms with E-state index < -0.39 is 0 Å². The van der Waals surface area contributed by atoms with Gasteiger partial charge in [-0.15, -0.1) is 0 Å². The lowest BCUT2D eigenvalue weighted by atomic mass is 10.1. The fourth-order valence-corrected chi connectivity index (χ4v) is 2.46. The Morgan fingerprint density at radius 1 is 0.609 bits per heavy atom. The van der Waals surface area contributed by atoms with Gasteiger partial charge >= 0.3 is 0 Å². The molecule has 0 aromatic heterocycles. The SMILES string of the molecule is O=Cc1ccc2ccccc2c1.Oc1ccc2ccccc2c1. The second kappa shape index (κ2) is 6.75. The molecule has 0 fully saturated rings. The first-order valence-electron chi connectivity index (χ1n) is 7.38. The van der Waals surface area contributed by atoms with Crippen LogP contribution in [0, 0.1) is 0 Å². The topological polar surface area (TPSA) is 37.3 Å². The molecule has 0 bridgehead atoms. The summed E-state index contributed by atoms with van der Waals surface area (Å²) < 4.78 is 0. The molecule has 2 nitrogen and oxygen atoms in total. The smallest absolute Gasteiger partial charge is 0.150 e. The third-order valence-corrected chi connectivity index (χ3v) is 3.64. The van der Waals surface area contributed by atoms with Crippen molar-refractivity contribution in [3.05, 3.63) is 90.5 Å². The van der Waals surface area contributed by atoms with Gasteiger partial charge in [-0.1, -0.05) is 66.7 Å². The average Bonchev–Trinajstić information content (AvgIpc) is 2.61. The lowest BCUT2D eigenvalue weighted by Crippen LogP contribution is -1.78. The molecule has 4 aromatic carbocycles. The predicted molar refractivity (Wildman–Crippen MR) is 94.9 cm³/mol. The van der Waals surface area contributed by atoms with Gasteiger partial charge in [0.05, 0.1) is 0 Å². The van der Waals surface area contributed by atoms with E-state index in [4.69, 9.17) is 5.11 Å². The van der Waals surface area contributed by atoms with Gasteiger partial charge in [-0.05, 0) is 39.7 Å². The Kier molecular flexibility index (Phi) is 4.34. The predicted octanol–water partition coefficient (Wildman–Crippen LogP) is 5.20. The summed E-state index contributed by atoms with van der Waals surface area (Å²) in [4.78, 5) is 10.5. The third kappa shape index (κ3) is 3.55. The number of aldehydes is 1. The van der Waals surface area contributed by atoms with Crippen LogP contribution in [-0.2, 0) is 0 Å². The summed E-state index contributed by atoms with van der Waals surface area (Å²) in [6, 6.07) is 27.0. The Labute approximate surface area is 134 Å². The molecule has 0 amide bonds. The second-order valence-corrected chi connectivity index (χ2v) is 5.26. The number of rotatable bonds is 1. The average molecular weight is 300 g/mol. The van der Waals surface area contributed by atoms with Crippen LogP contribution in [0.1, 0.15) is 10.4 Å². The molecule has 0 aliphatic heterocycles. The summed E-state index contributed by atoms with van der Waals surface area (Å²) in [7, 11) is 0. The minimum Gasteiger partial charge on any atom is -0.508 e. The molecule has 1 N–H and O–H groups in total. The van der Waals surface area contributed by atoms with Crippen molar-refractivity contribution >= 4 is 27.8 Å². The highest BCUT2D eigenvalue weighted by molar-refractivity contribution is 5.88. The van der Waals surface area contributed by atoms with Gasteiger partial charge in [0.2, 0.25) is 0 Å². The molecule has 0 aliphatic carbocycles. The summed E-state index contributed by atoms with van der Waals surface area (Å²) in [6.45, 7) is 0. The van der Waals surface area contributed by atoms with Crippen LogP contribution >= 0.6 is 0 Å². The molecule has 0 spiro atoms. The molecule has 0 saturated heterocycles. The summed E-state index contributed by atoms with van der Waals surface area (Å²) >= 11 is 0. The number of hydrogen-bond acceptors (Lipinski definition) is 2. The summed E-state index contributed by atoms with van der Waals surface area (Å²) in [5, 5.41) is 13.6. The maximum Gasteiger partial charge on any atom is 0.150 e. The van der Waals surface area contributed by atoms with E-state index in [9.17, 15) is 4.79 Å². The third-order valence-electron chi connectivity index (χ3n) is 3.64. The minimum absolute atomic E-state index is 0.323. The van der Waals surface area contributed by atoms with Crippen LogP contribution in [0.3, 0.4) is 0 Å². The van der Waals surface area contributed by atoms with E-state index >= 15 is 0 Å². The Balaban J connectivity index is 0.000000136. The number of carbonyl (C=O) groups is 1. The summed E-state index contributed by atoms with van der Waals surface area (Å²) in [5.41, 5.74) is 0.730. The zero-order chi connectivity index (χ0) is 16.1. The van der Waals surface area contributed by atoms with E-state index in [0.717, 1.165) is 28.0 Å². The van der Waals surface area contributed by atoms with Crippen molar-refractivity contribution in [2.24, 2.45) is 0 Å². The van der Waals surface area contributed by atoms with Crippen LogP contribution in [0.15, 0.2) is 84.9 Å². The van der Waals surface area contributed by atoms with Gasteiger partial charge in [-0.2, -0.15) is 0 Å². The monoisotopic (exact) mass is 300 g/mol. The Bertz CT molecular complexity index is 958. The summed E-state index contributed by atoms with van der Waals surface area (Å²) in [6.07, 6.45) is 0.867. The maximum atomic E-state index is 10.5. The normalized spacial score (nSPS) is 10.1. The van der Waals surface area contributed by atoms with Gasteiger partial charge < -0.3 is 5.11 Å². The molecule has 0 atom stereocenters. The van der Waals surface area contributed by atoms with Gasteiger partial charge in [-0.3, -0.25) is 4.79 Å². The van der Waals surface area contributed by atoms with Crippen molar-refractivity contribution in [3.63, 3.8) is 0 Å². The molecule has 0 radical (unpaired) electrons. The van der Waals surface area contributed by atoms with Crippen molar-refractivity contribution in [1.82, 2.24) is 0 Å². The zero-order valence-electron chi connectivity index (χ0n) is 12.5. The van der Waals surface area contributed by atoms with E-state index in [0.29, 0.717) is 5.75 Å². The van der Waals surface area contributed by atoms with Crippen LogP contribution in [-0.4, -0.2) is 11.4 Å². The first-order chi connectivity index (χ1) is 11.3. The lowest BCUT2D eigenvalue weighted by Gasteiger charge is -1.96. The van der Waals surface area contributed by atoms with Gasteiger partial charge in [0.15, 0.2) is 0 Å². The Hall–Kier alpha value is -3.13. The van der Waals surface area contributed by atoms with Crippen molar-refractivity contribution in [3.8, 4) is 5.75 Å².